The van der Waals surface area contributed by atoms with Gasteiger partial charge in [0.25, 0.3) is 0 Å². The maximum absolute atomic E-state index is 11.8. The molecule has 0 aliphatic rings. The summed E-state index contributed by atoms with van der Waals surface area (Å²) >= 11 is 12.0. The Hall–Kier alpha value is -1.51. The van der Waals surface area contributed by atoms with Gasteiger partial charge in [-0.15, -0.1) is 0 Å². The molecule has 0 saturated heterocycles. The maximum atomic E-state index is 11.8. The van der Waals surface area contributed by atoms with Crippen molar-refractivity contribution in [3.63, 3.8) is 0 Å². The van der Waals surface area contributed by atoms with Crippen LogP contribution in [-0.4, -0.2) is 12.5 Å². The Morgan fingerprint density at radius 2 is 1.81 bits per heavy atom. The summed E-state index contributed by atoms with van der Waals surface area (Å²) in [6, 6.07) is 15.3. The molecule has 0 bridgehead atoms. The van der Waals surface area contributed by atoms with Crippen molar-refractivity contribution in [3.8, 4) is 0 Å². The third-order valence-corrected chi connectivity index (χ3v) is 3.81. The predicted octanol–water partition coefficient (Wildman–Crippen LogP) is 4.28. The number of carbonyl (C=O) groups excluding carboxylic acids is 1. The van der Waals surface area contributed by atoms with E-state index in [1.807, 2.05) is 48.5 Å². The quantitative estimate of drug-likeness (QED) is 0.845. The topological polar surface area (TPSA) is 29.1 Å². The van der Waals surface area contributed by atoms with Gasteiger partial charge in [0.15, 0.2) is 0 Å². The summed E-state index contributed by atoms with van der Waals surface area (Å²) < 4.78 is 0. The van der Waals surface area contributed by atoms with Gasteiger partial charge in [-0.25, -0.2) is 0 Å². The van der Waals surface area contributed by atoms with Crippen LogP contribution in [0.15, 0.2) is 48.5 Å². The van der Waals surface area contributed by atoms with Crippen LogP contribution in [0.2, 0.25) is 10.0 Å². The first-order chi connectivity index (χ1) is 10.1. The van der Waals surface area contributed by atoms with Crippen LogP contribution in [0.1, 0.15) is 17.5 Å². The molecule has 0 unspecified atom stereocenters. The van der Waals surface area contributed by atoms with Crippen molar-refractivity contribution in [2.75, 3.05) is 6.54 Å². The minimum Gasteiger partial charge on any atom is -0.356 e. The summed E-state index contributed by atoms with van der Waals surface area (Å²) in [5.74, 6) is 0.0388. The molecule has 0 aliphatic carbocycles. The van der Waals surface area contributed by atoms with Crippen molar-refractivity contribution in [1.82, 2.24) is 5.32 Å². The van der Waals surface area contributed by atoms with Crippen molar-refractivity contribution in [3.05, 3.63) is 69.7 Å². The van der Waals surface area contributed by atoms with Gasteiger partial charge in [-0.2, -0.15) is 0 Å². The molecule has 0 fully saturated rings. The lowest BCUT2D eigenvalue weighted by Crippen LogP contribution is -2.25. The van der Waals surface area contributed by atoms with Crippen molar-refractivity contribution >= 4 is 29.1 Å². The van der Waals surface area contributed by atoms with Crippen molar-refractivity contribution in [2.24, 2.45) is 0 Å². The molecule has 2 aromatic carbocycles. The second-order valence-electron chi connectivity index (χ2n) is 4.82. The van der Waals surface area contributed by atoms with Gasteiger partial charge < -0.3 is 5.32 Å². The average molecular weight is 322 g/mol. The lowest BCUT2D eigenvalue weighted by Gasteiger charge is -2.07. The fraction of sp³-hybridized carbons (Fsp3) is 0.235. The molecule has 21 heavy (non-hydrogen) atoms. The summed E-state index contributed by atoms with van der Waals surface area (Å²) in [5.41, 5.74) is 2.12. The average Bonchev–Trinajstić information content (AvgIpc) is 2.46. The van der Waals surface area contributed by atoms with Crippen LogP contribution in [0.5, 0.6) is 0 Å². The van der Waals surface area contributed by atoms with Gasteiger partial charge in [0.2, 0.25) is 5.91 Å². The fourth-order valence-corrected chi connectivity index (χ4v) is 2.52. The SMILES string of the molecule is O=C(CCc1ccccc1Cl)NCCc1cccc(Cl)c1. The van der Waals surface area contributed by atoms with Gasteiger partial charge in [-0.05, 0) is 42.2 Å². The van der Waals surface area contributed by atoms with Gasteiger partial charge in [-0.1, -0.05) is 53.5 Å². The van der Waals surface area contributed by atoms with E-state index in [0.717, 1.165) is 22.6 Å². The number of aryl methyl sites for hydroxylation is 1. The molecule has 1 N–H and O–H groups in total. The smallest absolute Gasteiger partial charge is 0.220 e. The van der Waals surface area contributed by atoms with Crippen LogP contribution < -0.4 is 5.32 Å². The Morgan fingerprint density at radius 3 is 2.57 bits per heavy atom. The Bertz CT molecular complexity index is 613. The molecule has 0 saturated carbocycles. The van der Waals surface area contributed by atoms with E-state index in [1.54, 1.807) is 0 Å². The van der Waals surface area contributed by atoms with Crippen molar-refractivity contribution < 1.29 is 4.79 Å². The predicted molar refractivity (Wildman–Crippen MR) is 87.9 cm³/mol. The molecule has 1 amide bonds. The summed E-state index contributed by atoms with van der Waals surface area (Å²) in [7, 11) is 0. The third kappa shape index (κ3) is 5.41. The molecule has 110 valence electrons. The van der Waals surface area contributed by atoms with E-state index in [2.05, 4.69) is 5.32 Å². The second-order valence-corrected chi connectivity index (χ2v) is 5.66. The lowest BCUT2D eigenvalue weighted by molar-refractivity contribution is -0.121. The highest BCUT2D eigenvalue weighted by Gasteiger charge is 2.04. The Morgan fingerprint density at radius 1 is 1.00 bits per heavy atom. The van der Waals surface area contributed by atoms with E-state index in [9.17, 15) is 4.79 Å². The summed E-state index contributed by atoms with van der Waals surface area (Å²) in [6.45, 7) is 0.613. The Kier molecular flexibility index (Phi) is 6.09. The Balaban J connectivity index is 1.72. The van der Waals surface area contributed by atoms with Crippen LogP contribution in [0, 0.1) is 0 Å². The molecule has 4 heteroatoms. The van der Waals surface area contributed by atoms with E-state index in [0.29, 0.717) is 24.4 Å². The summed E-state index contributed by atoms with van der Waals surface area (Å²) in [6.07, 6.45) is 1.88. The molecule has 0 heterocycles. The van der Waals surface area contributed by atoms with Gasteiger partial charge in [0.05, 0.1) is 0 Å². The van der Waals surface area contributed by atoms with Crippen molar-refractivity contribution in [1.29, 1.82) is 0 Å². The standard InChI is InChI=1S/C17H17Cl2NO/c18-15-6-3-4-13(12-15)10-11-20-17(21)9-8-14-5-1-2-7-16(14)19/h1-7,12H,8-11H2,(H,20,21). The van der Waals surface area contributed by atoms with Gasteiger partial charge >= 0.3 is 0 Å². The van der Waals surface area contributed by atoms with E-state index in [-0.39, 0.29) is 5.91 Å². The highest BCUT2D eigenvalue weighted by molar-refractivity contribution is 6.31. The first-order valence-corrected chi connectivity index (χ1v) is 7.65. The monoisotopic (exact) mass is 321 g/mol. The second kappa shape index (κ2) is 8.06. The van der Waals surface area contributed by atoms with Crippen molar-refractivity contribution in [2.45, 2.75) is 19.3 Å². The number of carbonyl (C=O) groups is 1. The minimum atomic E-state index is 0.0388. The first-order valence-electron chi connectivity index (χ1n) is 6.90. The number of amides is 1. The van der Waals surface area contributed by atoms with Gasteiger partial charge in [0, 0.05) is 23.0 Å². The van der Waals surface area contributed by atoms with E-state index < -0.39 is 0 Å². The maximum Gasteiger partial charge on any atom is 0.220 e. The highest BCUT2D eigenvalue weighted by atomic mass is 35.5. The van der Waals surface area contributed by atoms with Crippen LogP contribution >= 0.6 is 23.2 Å². The molecular formula is C17H17Cl2NO. The number of benzene rings is 2. The minimum absolute atomic E-state index is 0.0388. The number of hydrogen-bond donors (Lipinski definition) is 1. The van der Waals surface area contributed by atoms with Crippen LogP contribution in [0.3, 0.4) is 0 Å². The lowest BCUT2D eigenvalue weighted by atomic mass is 10.1. The summed E-state index contributed by atoms with van der Waals surface area (Å²) in [5, 5.41) is 4.35. The third-order valence-electron chi connectivity index (χ3n) is 3.20. The van der Waals surface area contributed by atoms with Gasteiger partial charge in [0.1, 0.15) is 0 Å². The normalized spacial score (nSPS) is 10.4. The molecule has 2 aromatic rings. The van der Waals surface area contributed by atoms with Crippen LogP contribution in [0.25, 0.3) is 0 Å². The molecule has 0 spiro atoms. The molecule has 2 nitrogen and oxygen atoms in total. The molecular weight excluding hydrogens is 305 g/mol. The molecule has 0 aliphatic heterocycles. The van der Waals surface area contributed by atoms with Gasteiger partial charge in [-0.3, -0.25) is 4.79 Å². The fourth-order valence-electron chi connectivity index (χ4n) is 2.08. The zero-order valence-corrected chi connectivity index (χ0v) is 13.1. The molecule has 0 radical (unpaired) electrons. The first kappa shape index (κ1) is 15.9. The highest BCUT2D eigenvalue weighted by Crippen LogP contribution is 2.16. The molecule has 0 atom stereocenters. The number of hydrogen-bond acceptors (Lipinski definition) is 1. The largest absolute Gasteiger partial charge is 0.356 e. The van der Waals surface area contributed by atoms with Crippen LogP contribution in [0.4, 0.5) is 0 Å². The summed E-state index contributed by atoms with van der Waals surface area (Å²) in [4.78, 5) is 11.8. The zero-order valence-electron chi connectivity index (χ0n) is 11.6. The Labute approximate surface area is 135 Å². The molecule has 0 aromatic heterocycles. The van der Waals surface area contributed by atoms with E-state index in [1.165, 1.54) is 0 Å². The van der Waals surface area contributed by atoms with E-state index in [4.69, 9.17) is 23.2 Å². The molecule has 2 rings (SSSR count). The van der Waals surface area contributed by atoms with Crippen LogP contribution in [-0.2, 0) is 17.6 Å². The number of rotatable bonds is 6. The zero-order chi connectivity index (χ0) is 15.1. The number of halogens is 2. The number of nitrogens with one attached hydrogen (secondary N) is 1. The van der Waals surface area contributed by atoms with E-state index >= 15 is 0 Å².